The molecule has 0 saturated carbocycles. The molecule has 0 aliphatic heterocycles. The minimum Gasteiger partial charge on any atom is -1.00 e. The van der Waals surface area contributed by atoms with E-state index in [4.69, 9.17) is 5.73 Å². The van der Waals surface area contributed by atoms with Crippen molar-refractivity contribution in [1.82, 2.24) is 0 Å². The number of aryl methyl sites for hydroxylation is 1. The minimum absolute atomic E-state index is 0. The lowest BCUT2D eigenvalue weighted by Gasteiger charge is -1.98. The molecular weight excluding hydrogens is 323 g/mol. The molecule has 0 spiro atoms. The van der Waals surface area contributed by atoms with E-state index in [0.717, 1.165) is 0 Å². The molecule has 1 rings (SSSR count). The maximum Gasteiger partial charge on any atom is 0.343 e. The highest BCUT2D eigenvalue weighted by Gasteiger charge is 2.10. The number of primary amides is 1. The van der Waals surface area contributed by atoms with Gasteiger partial charge in [-0.15, -0.1) is 0 Å². The van der Waals surface area contributed by atoms with Gasteiger partial charge in [0.2, 0.25) is 5.91 Å². The lowest BCUT2D eigenvalue weighted by Crippen LogP contribution is -3.00. The number of amides is 1. The third-order valence-corrected chi connectivity index (χ3v) is 1.90. The molecule has 1 aromatic rings. The number of aromatic nitrogens is 1. The van der Waals surface area contributed by atoms with E-state index in [1.165, 1.54) is 7.11 Å². The van der Waals surface area contributed by atoms with Crippen molar-refractivity contribution in [2.24, 2.45) is 5.73 Å². The maximum absolute atomic E-state index is 11.2. The fourth-order valence-corrected chi connectivity index (χ4v) is 1.14. The van der Waals surface area contributed by atoms with E-state index in [2.05, 4.69) is 4.74 Å². The number of nitrogens with zero attached hydrogens (tertiary/aromatic N) is 1. The van der Waals surface area contributed by atoms with Crippen LogP contribution < -0.4 is 34.3 Å². The number of ether oxygens (including phenoxy) is 1. The predicted molar refractivity (Wildman–Crippen MR) is 51.8 cm³/mol. The summed E-state index contributed by atoms with van der Waals surface area (Å²) >= 11 is 0. The first-order chi connectivity index (χ1) is 7.13. The summed E-state index contributed by atoms with van der Waals surface area (Å²) in [7, 11) is 1.32. The summed E-state index contributed by atoms with van der Waals surface area (Å²) in [6, 6.07) is 3.36. The van der Waals surface area contributed by atoms with E-state index in [-0.39, 0.29) is 36.3 Å². The van der Waals surface area contributed by atoms with E-state index >= 15 is 0 Å². The summed E-state index contributed by atoms with van der Waals surface area (Å²) in [5.41, 5.74) is 5.47. The zero-order chi connectivity index (χ0) is 11.3. The Balaban J connectivity index is 0.00000225. The van der Waals surface area contributed by atoms with Crippen molar-refractivity contribution in [3.05, 3.63) is 30.1 Å². The summed E-state index contributed by atoms with van der Waals surface area (Å²) in [5, 5.41) is 0. The average Bonchev–Trinajstić information content (AvgIpc) is 2.25. The van der Waals surface area contributed by atoms with Gasteiger partial charge in [0.1, 0.15) is 5.56 Å². The Morgan fingerprint density at radius 2 is 2.19 bits per heavy atom. The number of methoxy groups -OCH3 is 1. The molecule has 0 saturated heterocycles. The van der Waals surface area contributed by atoms with Gasteiger partial charge in [-0.2, -0.15) is 0 Å². The van der Waals surface area contributed by atoms with E-state index in [9.17, 15) is 9.59 Å². The van der Waals surface area contributed by atoms with Gasteiger partial charge in [-0.05, 0) is 6.07 Å². The Morgan fingerprint density at radius 1 is 1.50 bits per heavy atom. The summed E-state index contributed by atoms with van der Waals surface area (Å²) in [4.78, 5) is 21.7. The second-order valence-corrected chi connectivity index (χ2v) is 3.04. The molecule has 6 heteroatoms. The standard InChI is InChI=1S/C10H12N2O3.HI/c1-15-10(14)8-3-2-5-12(7-8)6-4-9(11)13;/h2-3,5,7H,4,6H2,1H3,(H-,11,13);1H. The van der Waals surface area contributed by atoms with Crippen molar-refractivity contribution in [1.29, 1.82) is 0 Å². The van der Waals surface area contributed by atoms with Gasteiger partial charge in [-0.1, -0.05) is 0 Å². The minimum atomic E-state index is -0.400. The molecule has 1 aromatic heterocycles. The van der Waals surface area contributed by atoms with Gasteiger partial charge >= 0.3 is 5.97 Å². The highest BCUT2D eigenvalue weighted by Crippen LogP contribution is 1.96. The Kier molecular flexibility index (Phi) is 6.63. The molecule has 0 aromatic carbocycles. The molecule has 0 aliphatic rings. The lowest BCUT2D eigenvalue weighted by atomic mass is 10.3. The molecule has 0 fully saturated rings. The van der Waals surface area contributed by atoms with Gasteiger partial charge in [0.05, 0.1) is 13.5 Å². The zero-order valence-corrected chi connectivity index (χ0v) is 11.0. The highest BCUT2D eigenvalue weighted by atomic mass is 127. The van der Waals surface area contributed by atoms with Crippen LogP contribution in [0.2, 0.25) is 0 Å². The maximum atomic E-state index is 11.2. The monoisotopic (exact) mass is 336 g/mol. The van der Waals surface area contributed by atoms with E-state index in [1.54, 1.807) is 29.1 Å². The number of pyridine rings is 1. The topological polar surface area (TPSA) is 73.3 Å². The first-order valence-corrected chi connectivity index (χ1v) is 4.49. The van der Waals surface area contributed by atoms with Crippen LogP contribution in [-0.2, 0) is 16.1 Å². The molecule has 0 atom stereocenters. The molecule has 0 unspecified atom stereocenters. The van der Waals surface area contributed by atoms with Gasteiger partial charge in [-0.3, -0.25) is 4.79 Å². The van der Waals surface area contributed by atoms with Gasteiger partial charge in [-0.25, -0.2) is 9.36 Å². The molecule has 16 heavy (non-hydrogen) atoms. The number of halogens is 1. The molecule has 0 bridgehead atoms. The molecule has 0 radical (unpaired) electrons. The van der Waals surface area contributed by atoms with E-state index in [0.29, 0.717) is 12.1 Å². The number of rotatable bonds is 4. The number of nitrogens with two attached hydrogens (primary N) is 1. The van der Waals surface area contributed by atoms with Gasteiger partial charge in [0, 0.05) is 6.07 Å². The Labute approximate surface area is 111 Å². The van der Waals surface area contributed by atoms with Crippen LogP contribution in [0.25, 0.3) is 0 Å². The van der Waals surface area contributed by atoms with Crippen LogP contribution in [0.1, 0.15) is 16.8 Å². The Morgan fingerprint density at radius 3 is 2.75 bits per heavy atom. The van der Waals surface area contributed by atoms with Crippen LogP contribution in [0, 0.1) is 0 Å². The quantitative estimate of drug-likeness (QED) is 0.355. The molecule has 1 amide bonds. The van der Waals surface area contributed by atoms with Crippen LogP contribution >= 0.6 is 0 Å². The first-order valence-electron chi connectivity index (χ1n) is 4.49. The van der Waals surface area contributed by atoms with E-state index < -0.39 is 5.97 Å². The lowest BCUT2D eigenvalue weighted by molar-refractivity contribution is -0.695. The fraction of sp³-hybridized carbons (Fsp3) is 0.300. The Hall–Kier alpha value is -1.18. The number of hydrogen-bond acceptors (Lipinski definition) is 3. The first kappa shape index (κ1) is 14.8. The second kappa shape index (κ2) is 7.15. The zero-order valence-electron chi connectivity index (χ0n) is 8.85. The fourth-order valence-electron chi connectivity index (χ4n) is 1.14. The number of carbonyl (C=O) groups excluding carboxylic acids is 2. The van der Waals surface area contributed by atoms with Crippen molar-refractivity contribution in [2.45, 2.75) is 13.0 Å². The number of carbonyl (C=O) groups is 2. The SMILES string of the molecule is COC(=O)c1ccc[n+](CCC(N)=O)c1.[I-]. The van der Waals surface area contributed by atoms with Crippen LogP contribution in [0.4, 0.5) is 0 Å². The summed E-state index contributed by atoms with van der Waals surface area (Å²) in [5.74, 6) is -0.769. The van der Waals surface area contributed by atoms with Crippen LogP contribution in [0.15, 0.2) is 24.5 Å². The Bertz CT molecular complexity index is 382. The third kappa shape index (κ3) is 4.56. The molecule has 0 aliphatic carbocycles. The predicted octanol–water partition coefficient (Wildman–Crippen LogP) is -3.36. The molecule has 88 valence electrons. The second-order valence-electron chi connectivity index (χ2n) is 3.04. The molecule has 5 nitrogen and oxygen atoms in total. The van der Waals surface area contributed by atoms with Gasteiger partial charge in [0.15, 0.2) is 18.9 Å². The van der Waals surface area contributed by atoms with Crippen molar-refractivity contribution in [2.75, 3.05) is 7.11 Å². The molecule has 1 heterocycles. The van der Waals surface area contributed by atoms with Gasteiger partial charge < -0.3 is 34.4 Å². The summed E-state index contributed by atoms with van der Waals surface area (Å²) in [6.07, 6.45) is 3.62. The van der Waals surface area contributed by atoms with Crippen molar-refractivity contribution < 1.29 is 42.9 Å². The number of hydrogen-bond donors (Lipinski definition) is 1. The van der Waals surface area contributed by atoms with Gasteiger partial charge in [0.25, 0.3) is 0 Å². The average molecular weight is 336 g/mol. The van der Waals surface area contributed by atoms with Crippen LogP contribution in [-0.4, -0.2) is 19.0 Å². The number of esters is 1. The summed E-state index contributed by atoms with van der Waals surface area (Å²) in [6.45, 7) is 0.458. The van der Waals surface area contributed by atoms with Crippen molar-refractivity contribution >= 4 is 11.9 Å². The van der Waals surface area contributed by atoms with Crippen molar-refractivity contribution in [3.8, 4) is 0 Å². The van der Waals surface area contributed by atoms with Crippen LogP contribution in [0.3, 0.4) is 0 Å². The van der Waals surface area contributed by atoms with Crippen LogP contribution in [0.5, 0.6) is 0 Å². The smallest absolute Gasteiger partial charge is 0.343 e. The summed E-state index contributed by atoms with van der Waals surface area (Å²) < 4.78 is 6.29. The third-order valence-electron chi connectivity index (χ3n) is 1.90. The highest BCUT2D eigenvalue weighted by molar-refractivity contribution is 5.88. The molecule has 2 N–H and O–H groups in total. The van der Waals surface area contributed by atoms with E-state index in [1.807, 2.05) is 0 Å². The normalized spacial score (nSPS) is 9.06. The van der Waals surface area contributed by atoms with Crippen molar-refractivity contribution in [3.63, 3.8) is 0 Å². The largest absolute Gasteiger partial charge is 1.00 e. The molecular formula is C10H13IN2O3.